The summed E-state index contributed by atoms with van der Waals surface area (Å²) in [4.78, 5) is 6.01. The van der Waals surface area contributed by atoms with Crippen molar-refractivity contribution in [3.8, 4) is 0 Å². The quantitative estimate of drug-likeness (QED) is 0.696. The molecule has 3 saturated carbocycles. The number of piperazine rings is 1. The summed E-state index contributed by atoms with van der Waals surface area (Å²) < 4.78 is 0. The topological polar surface area (TPSA) is 6.48 Å². The third kappa shape index (κ3) is 3.07. The van der Waals surface area contributed by atoms with Crippen molar-refractivity contribution in [2.24, 2.45) is 11.8 Å². The first kappa shape index (κ1) is 17.3. The highest BCUT2D eigenvalue weighted by Crippen LogP contribution is 2.44. The summed E-state index contributed by atoms with van der Waals surface area (Å²) >= 11 is 0. The van der Waals surface area contributed by atoms with Crippen LogP contribution in [0.25, 0.3) is 0 Å². The maximum absolute atomic E-state index is 3.15. The van der Waals surface area contributed by atoms with Crippen molar-refractivity contribution in [2.45, 2.75) is 121 Å². The zero-order valence-corrected chi connectivity index (χ0v) is 16.4. The molecule has 0 aromatic carbocycles. The Labute approximate surface area is 150 Å². The number of rotatable bonds is 2. The fourth-order valence-corrected chi connectivity index (χ4v) is 6.94. The zero-order valence-electron chi connectivity index (χ0n) is 16.4. The normalized spacial score (nSPS) is 45.0. The number of likely N-dealkylation sites (N-methyl/N-ethyl adjacent to an activating group) is 1. The van der Waals surface area contributed by atoms with Gasteiger partial charge in [0.2, 0.25) is 0 Å². The number of fused-ring (bicyclic) bond motifs is 2. The van der Waals surface area contributed by atoms with E-state index in [9.17, 15) is 0 Å². The van der Waals surface area contributed by atoms with E-state index in [1.54, 1.807) is 0 Å². The second kappa shape index (κ2) is 7.27. The van der Waals surface area contributed by atoms with Gasteiger partial charge in [0.05, 0.1) is 0 Å². The molecule has 0 aromatic rings. The van der Waals surface area contributed by atoms with E-state index in [0.29, 0.717) is 0 Å². The summed E-state index contributed by atoms with van der Waals surface area (Å²) in [5.74, 6) is 1.86. The van der Waals surface area contributed by atoms with E-state index >= 15 is 0 Å². The smallest absolute Gasteiger partial charge is 0.0258 e. The fraction of sp³-hybridized carbons (Fsp3) is 1.00. The monoisotopic (exact) mass is 332 g/mol. The van der Waals surface area contributed by atoms with E-state index in [0.717, 1.165) is 42.0 Å². The van der Waals surface area contributed by atoms with Gasteiger partial charge in [-0.15, -0.1) is 0 Å². The SMILES string of the molecule is CC(C)C1CCCC(N2C3CCCCC3N(C)C3CCCCC32)C1. The molecule has 0 bridgehead atoms. The van der Waals surface area contributed by atoms with Gasteiger partial charge in [0.25, 0.3) is 0 Å². The van der Waals surface area contributed by atoms with Gasteiger partial charge in [0, 0.05) is 30.2 Å². The maximum Gasteiger partial charge on any atom is 0.0258 e. The van der Waals surface area contributed by atoms with Crippen LogP contribution in [0, 0.1) is 11.8 Å². The summed E-state index contributed by atoms with van der Waals surface area (Å²) in [6.07, 6.45) is 17.7. The van der Waals surface area contributed by atoms with Crippen LogP contribution in [0.4, 0.5) is 0 Å². The molecule has 1 heterocycles. The molecule has 1 aliphatic heterocycles. The average molecular weight is 333 g/mol. The van der Waals surface area contributed by atoms with E-state index in [2.05, 4.69) is 30.7 Å². The van der Waals surface area contributed by atoms with Crippen molar-refractivity contribution in [1.29, 1.82) is 0 Å². The lowest BCUT2D eigenvalue weighted by Gasteiger charge is -2.61. The molecule has 6 unspecified atom stereocenters. The van der Waals surface area contributed by atoms with Crippen LogP contribution >= 0.6 is 0 Å². The minimum Gasteiger partial charge on any atom is -0.297 e. The minimum atomic E-state index is 0.859. The van der Waals surface area contributed by atoms with E-state index in [4.69, 9.17) is 0 Å². The second-order valence-electron chi connectivity index (χ2n) is 9.78. The second-order valence-corrected chi connectivity index (χ2v) is 9.78. The van der Waals surface area contributed by atoms with Crippen LogP contribution in [-0.4, -0.2) is 47.1 Å². The van der Waals surface area contributed by atoms with Crippen LogP contribution in [-0.2, 0) is 0 Å². The van der Waals surface area contributed by atoms with Crippen molar-refractivity contribution >= 4 is 0 Å². The van der Waals surface area contributed by atoms with Crippen LogP contribution in [0.1, 0.15) is 90.9 Å². The Morgan fingerprint density at radius 1 is 0.667 bits per heavy atom. The molecule has 0 radical (unpaired) electrons. The molecule has 2 nitrogen and oxygen atoms in total. The standard InChI is InChI=1S/C22H40N2/c1-16(2)17-9-8-10-18(15-17)24-21-13-6-4-11-19(21)23(3)20-12-5-7-14-22(20)24/h16-22H,4-15H2,1-3H3. The van der Waals surface area contributed by atoms with Gasteiger partial charge in [-0.05, 0) is 57.4 Å². The molecule has 1 saturated heterocycles. The van der Waals surface area contributed by atoms with E-state index in [-0.39, 0.29) is 0 Å². The Morgan fingerprint density at radius 2 is 1.21 bits per heavy atom. The lowest BCUT2D eigenvalue weighted by molar-refractivity contribution is -0.111. The Morgan fingerprint density at radius 3 is 1.75 bits per heavy atom. The minimum absolute atomic E-state index is 0.859. The first-order valence-electron chi connectivity index (χ1n) is 11.2. The van der Waals surface area contributed by atoms with Gasteiger partial charge < -0.3 is 0 Å². The van der Waals surface area contributed by atoms with E-state index in [1.807, 2.05) is 0 Å². The zero-order chi connectivity index (χ0) is 16.7. The molecule has 0 spiro atoms. The Hall–Kier alpha value is -0.0800. The number of hydrogen-bond acceptors (Lipinski definition) is 2. The van der Waals surface area contributed by atoms with Gasteiger partial charge in [-0.3, -0.25) is 9.80 Å². The highest BCUT2D eigenvalue weighted by atomic mass is 15.4. The molecule has 4 fully saturated rings. The van der Waals surface area contributed by atoms with Crippen molar-refractivity contribution in [1.82, 2.24) is 9.80 Å². The number of hydrogen-bond donors (Lipinski definition) is 0. The van der Waals surface area contributed by atoms with Crippen molar-refractivity contribution in [3.63, 3.8) is 0 Å². The van der Waals surface area contributed by atoms with Crippen LogP contribution in [0.5, 0.6) is 0 Å². The van der Waals surface area contributed by atoms with Gasteiger partial charge in [-0.2, -0.15) is 0 Å². The maximum atomic E-state index is 3.15. The van der Waals surface area contributed by atoms with E-state index < -0.39 is 0 Å². The lowest BCUT2D eigenvalue weighted by atomic mass is 9.73. The van der Waals surface area contributed by atoms with Crippen molar-refractivity contribution in [3.05, 3.63) is 0 Å². The number of nitrogens with zero attached hydrogens (tertiary/aromatic N) is 2. The van der Waals surface area contributed by atoms with Crippen LogP contribution in [0.15, 0.2) is 0 Å². The first-order chi connectivity index (χ1) is 11.7. The predicted octanol–water partition coefficient (Wildman–Crippen LogP) is 5.07. The van der Waals surface area contributed by atoms with Gasteiger partial charge in [-0.1, -0.05) is 52.4 Å². The fourth-order valence-electron chi connectivity index (χ4n) is 6.94. The molecule has 4 aliphatic rings. The van der Waals surface area contributed by atoms with E-state index in [1.165, 1.54) is 77.0 Å². The largest absolute Gasteiger partial charge is 0.297 e. The van der Waals surface area contributed by atoms with Crippen molar-refractivity contribution < 1.29 is 0 Å². The summed E-state index contributed by atoms with van der Waals surface area (Å²) in [5.41, 5.74) is 0. The lowest BCUT2D eigenvalue weighted by Crippen LogP contribution is -2.71. The molecule has 3 aliphatic carbocycles. The third-order valence-electron chi connectivity index (χ3n) is 8.25. The summed E-state index contributed by atoms with van der Waals surface area (Å²) in [6.45, 7) is 4.92. The molecule has 0 amide bonds. The van der Waals surface area contributed by atoms with Gasteiger partial charge in [0.1, 0.15) is 0 Å². The van der Waals surface area contributed by atoms with Crippen molar-refractivity contribution in [2.75, 3.05) is 7.05 Å². The third-order valence-corrected chi connectivity index (χ3v) is 8.25. The summed E-state index contributed by atoms with van der Waals surface area (Å²) in [6, 6.07) is 4.36. The predicted molar refractivity (Wildman–Crippen MR) is 102 cm³/mol. The van der Waals surface area contributed by atoms with Gasteiger partial charge in [-0.25, -0.2) is 0 Å². The Balaban J connectivity index is 1.60. The van der Waals surface area contributed by atoms with Gasteiger partial charge in [0.15, 0.2) is 0 Å². The highest BCUT2D eigenvalue weighted by molar-refractivity contribution is 5.06. The Kier molecular flexibility index (Phi) is 5.25. The summed E-state index contributed by atoms with van der Waals surface area (Å²) in [5, 5.41) is 0. The molecular weight excluding hydrogens is 292 g/mol. The molecule has 0 N–H and O–H groups in total. The Bertz CT molecular complexity index is 396. The molecule has 138 valence electrons. The van der Waals surface area contributed by atoms with Crippen LogP contribution < -0.4 is 0 Å². The first-order valence-corrected chi connectivity index (χ1v) is 11.2. The molecule has 2 heteroatoms. The molecule has 4 rings (SSSR count). The molecular formula is C22H40N2. The highest BCUT2D eigenvalue weighted by Gasteiger charge is 2.49. The molecule has 0 aromatic heterocycles. The van der Waals surface area contributed by atoms with Crippen LogP contribution in [0.3, 0.4) is 0 Å². The summed E-state index contributed by atoms with van der Waals surface area (Å²) in [7, 11) is 2.47. The van der Waals surface area contributed by atoms with Crippen LogP contribution in [0.2, 0.25) is 0 Å². The average Bonchev–Trinajstić information content (AvgIpc) is 2.62. The molecule has 6 atom stereocenters. The molecule has 24 heavy (non-hydrogen) atoms. The van der Waals surface area contributed by atoms with Gasteiger partial charge >= 0.3 is 0 Å².